The van der Waals surface area contributed by atoms with E-state index in [9.17, 15) is 0 Å². The highest BCUT2D eigenvalue weighted by molar-refractivity contribution is 4.62. The summed E-state index contributed by atoms with van der Waals surface area (Å²) < 4.78 is 0. The Morgan fingerprint density at radius 3 is 2.78 bits per heavy atom. The first-order chi connectivity index (χ1) is 4.39. The molecule has 1 fully saturated rings. The molecule has 0 radical (unpaired) electrons. The number of hydrogen-bond acceptors (Lipinski definition) is 2. The van der Waals surface area contributed by atoms with Gasteiger partial charge in [-0.25, -0.2) is 0 Å². The van der Waals surface area contributed by atoms with Crippen LogP contribution in [0.2, 0.25) is 0 Å². The van der Waals surface area contributed by atoms with Crippen LogP contribution in [-0.4, -0.2) is 12.7 Å². The molecule has 2 heteroatoms. The van der Waals surface area contributed by atoms with Crippen LogP contribution in [0.4, 0.5) is 0 Å². The lowest BCUT2D eigenvalue weighted by molar-refractivity contribution is 0.426. The summed E-state index contributed by atoms with van der Waals surface area (Å²) in [5.41, 5.74) is 5.69. The first-order valence-corrected chi connectivity index (χ1v) is 3.88. The van der Waals surface area contributed by atoms with E-state index < -0.39 is 0 Å². The van der Waals surface area contributed by atoms with E-state index in [1.165, 1.54) is 25.7 Å². The third-order valence-electron chi connectivity index (χ3n) is 1.85. The molecule has 2 nitrogen and oxygen atoms in total. The molecule has 9 heavy (non-hydrogen) atoms. The smallest absolute Gasteiger partial charge is 0.0546 e. The average Bonchev–Trinajstić information content (AvgIpc) is 1.79. The molecule has 1 aliphatic rings. The maximum atomic E-state index is 5.69. The summed E-state index contributed by atoms with van der Waals surface area (Å²) in [5.74, 6) is 0. The first kappa shape index (κ1) is 7.03. The van der Waals surface area contributed by atoms with Crippen LogP contribution in [0.3, 0.4) is 0 Å². The van der Waals surface area contributed by atoms with E-state index in [1.54, 1.807) is 0 Å². The highest BCUT2D eigenvalue weighted by atomic mass is 15.0. The molecule has 0 aromatic rings. The molecule has 0 spiro atoms. The van der Waals surface area contributed by atoms with Crippen molar-refractivity contribution in [3.05, 3.63) is 0 Å². The van der Waals surface area contributed by atoms with Gasteiger partial charge in [0, 0.05) is 0 Å². The zero-order chi connectivity index (χ0) is 6.53. The van der Waals surface area contributed by atoms with Gasteiger partial charge in [-0.05, 0) is 19.4 Å². The summed E-state index contributed by atoms with van der Waals surface area (Å²) in [6.07, 6.45) is 6.77. The highest BCUT2D eigenvalue weighted by Gasteiger charge is 2.03. The monoisotopic (exact) mass is 128 g/mol. The third kappa shape index (κ3) is 2.82. The second-order valence-electron chi connectivity index (χ2n) is 2.76. The minimum absolute atomic E-state index is 0.269. The Bertz CT molecular complexity index is 65.3. The predicted octanol–water partition coefficient (Wildman–Crippen LogP) is 0.825. The van der Waals surface area contributed by atoms with E-state index in [2.05, 4.69) is 5.32 Å². The Morgan fingerprint density at radius 2 is 1.89 bits per heavy atom. The molecule has 3 N–H and O–H groups in total. The van der Waals surface area contributed by atoms with Crippen molar-refractivity contribution in [2.24, 2.45) is 5.73 Å². The molecule has 0 saturated carbocycles. The molecule has 1 atom stereocenters. The molecule has 1 unspecified atom stereocenters. The van der Waals surface area contributed by atoms with Gasteiger partial charge in [0.25, 0.3) is 0 Å². The second-order valence-corrected chi connectivity index (χ2v) is 2.76. The fourth-order valence-corrected chi connectivity index (χ4v) is 1.23. The van der Waals surface area contributed by atoms with E-state index in [1.807, 2.05) is 0 Å². The maximum absolute atomic E-state index is 5.69. The predicted molar refractivity (Wildman–Crippen MR) is 39.1 cm³/mol. The topological polar surface area (TPSA) is 38.0 Å². The lowest BCUT2D eigenvalue weighted by Gasteiger charge is -2.16. The molecule has 0 amide bonds. The van der Waals surface area contributed by atoms with Crippen molar-refractivity contribution < 1.29 is 0 Å². The first-order valence-electron chi connectivity index (χ1n) is 3.88. The summed E-state index contributed by atoms with van der Waals surface area (Å²) in [6, 6.07) is 0. The van der Waals surface area contributed by atoms with Crippen LogP contribution >= 0.6 is 0 Å². The molecule has 1 rings (SSSR count). The minimum atomic E-state index is 0.269. The van der Waals surface area contributed by atoms with Crippen molar-refractivity contribution >= 4 is 0 Å². The number of nitrogens with one attached hydrogen (secondary N) is 1. The quantitative estimate of drug-likeness (QED) is 0.507. The molecule has 0 aliphatic carbocycles. The van der Waals surface area contributed by atoms with Gasteiger partial charge >= 0.3 is 0 Å². The summed E-state index contributed by atoms with van der Waals surface area (Å²) in [5, 5.41) is 3.26. The summed E-state index contributed by atoms with van der Waals surface area (Å²) in [4.78, 5) is 0. The molecule has 0 bridgehead atoms. The molecule has 0 aromatic heterocycles. The number of nitrogens with two attached hydrogens (primary N) is 1. The molecule has 1 heterocycles. The van der Waals surface area contributed by atoms with Crippen molar-refractivity contribution in [2.75, 3.05) is 6.54 Å². The summed E-state index contributed by atoms with van der Waals surface area (Å²) in [6.45, 7) is 1.11. The normalized spacial score (nSPS) is 31.0. The van der Waals surface area contributed by atoms with Gasteiger partial charge in [-0.2, -0.15) is 0 Å². The van der Waals surface area contributed by atoms with Crippen molar-refractivity contribution in [1.29, 1.82) is 0 Å². The third-order valence-corrected chi connectivity index (χ3v) is 1.85. The summed E-state index contributed by atoms with van der Waals surface area (Å²) >= 11 is 0. The zero-order valence-corrected chi connectivity index (χ0v) is 5.90. The standard InChI is InChI=1S/C7H16N2/c8-7-5-3-1-2-4-6-9-7/h7,9H,1-6,8H2. The van der Waals surface area contributed by atoms with Gasteiger partial charge in [0.05, 0.1) is 6.17 Å². The molecule has 0 aromatic carbocycles. The van der Waals surface area contributed by atoms with Gasteiger partial charge in [-0.15, -0.1) is 0 Å². The van der Waals surface area contributed by atoms with Gasteiger partial charge in [-0.1, -0.05) is 19.3 Å². The van der Waals surface area contributed by atoms with Crippen molar-refractivity contribution in [3.8, 4) is 0 Å². The SMILES string of the molecule is NC1CCCCCCN1. The Morgan fingerprint density at radius 1 is 1.11 bits per heavy atom. The van der Waals surface area contributed by atoms with Crippen molar-refractivity contribution in [1.82, 2.24) is 5.32 Å². The van der Waals surface area contributed by atoms with Crippen LogP contribution in [0.25, 0.3) is 0 Å². The zero-order valence-electron chi connectivity index (χ0n) is 5.90. The van der Waals surface area contributed by atoms with Crippen LogP contribution in [0.5, 0.6) is 0 Å². The van der Waals surface area contributed by atoms with E-state index in [4.69, 9.17) is 5.73 Å². The number of hydrogen-bond donors (Lipinski definition) is 2. The van der Waals surface area contributed by atoms with Crippen molar-refractivity contribution in [3.63, 3.8) is 0 Å². The van der Waals surface area contributed by atoms with Crippen LogP contribution in [-0.2, 0) is 0 Å². The van der Waals surface area contributed by atoms with Crippen LogP contribution in [0.15, 0.2) is 0 Å². The minimum Gasteiger partial charge on any atom is -0.316 e. The van der Waals surface area contributed by atoms with Gasteiger partial charge in [0.1, 0.15) is 0 Å². The van der Waals surface area contributed by atoms with E-state index in [0.717, 1.165) is 13.0 Å². The fraction of sp³-hybridized carbons (Fsp3) is 1.00. The molecular formula is C7H16N2. The van der Waals surface area contributed by atoms with Crippen molar-refractivity contribution in [2.45, 2.75) is 38.3 Å². The summed E-state index contributed by atoms with van der Waals surface area (Å²) in [7, 11) is 0. The van der Waals surface area contributed by atoms with Gasteiger partial charge in [-0.3, -0.25) is 0 Å². The van der Waals surface area contributed by atoms with Crippen LogP contribution in [0.1, 0.15) is 32.1 Å². The van der Waals surface area contributed by atoms with E-state index in [-0.39, 0.29) is 6.17 Å². The lowest BCUT2D eigenvalue weighted by atomic mass is 10.1. The Balaban J connectivity index is 2.12. The molecule has 1 aliphatic heterocycles. The van der Waals surface area contributed by atoms with Gasteiger partial charge in [0.2, 0.25) is 0 Å². The van der Waals surface area contributed by atoms with Crippen LogP contribution in [0, 0.1) is 0 Å². The fourth-order valence-electron chi connectivity index (χ4n) is 1.23. The van der Waals surface area contributed by atoms with E-state index >= 15 is 0 Å². The Kier molecular flexibility index (Phi) is 3.01. The largest absolute Gasteiger partial charge is 0.316 e. The van der Waals surface area contributed by atoms with Gasteiger partial charge in [0.15, 0.2) is 0 Å². The Labute approximate surface area is 56.8 Å². The molecule has 1 saturated heterocycles. The average molecular weight is 128 g/mol. The van der Waals surface area contributed by atoms with Crippen LogP contribution < -0.4 is 11.1 Å². The second kappa shape index (κ2) is 3.85. The van der Waals surface area contributed by atoms with E-state index in [0.29, 0.717) is 0 Å². The lowest BCUT2D eigenvalue weighted by Crippen LogP contribution is -2.38. The maximum Gasteiger partial charge on any atom is 0.0546 e. The molecular weight excluding hydrogens is 112 g/mol. The number of rotatable bonds is 0. The Hall–Kier alpha value is -0.0800. The molecule has 54 valence electrons. The van der Waals surface area contributed by atoms with Gasteiger partial charge < -0.3 is 11.1 Å². The highest BCUT2D eigenvalue weighted by Crippen LogP contribution is 2.06.